The van der Waals surface area contributed by atoms with Crippen molar-refractivity contribution >= 4 is 38.2 Å². The number of aromatic nitrogens is 1. The van der Waals surface area contributed by atoms with Gasteiger partial charge in [-0.05, 0) is 54.3 Å². The zero-order valence-electron chi connectivity index (χ0n) is 17.7. The number of anilines is 2. The van der Waals surface area contributed by atoms with E-state index in [1.54, 1.807) is 13.2 Å². The number of ketones is 1. The van der Waals surface area contributed by atoms with Gasteiger partial charge in [-0.25, -0.2) is 9.37 Å². The SMILES string of the molecule is COc1ccc2nc(Nc3ccc(-c4ccc(C(=O)C5CCCC5)cc4)cc3F)sc2c1. The predicted molar refractivity (Wildman–Crippen MR) is 128 cm³/mol. The van der Waals surface area contributed by atoms with Crippen LogP contribution in [0.3, 0.4) is 0 Å². The molecule has 1 N–H and O–H groups in total. The van der Waals surface area contributed by atoms with Crippen molar-refractivity contribution in [1.82, 2.24) is 4.98 Å². The number of hydrogen-bond acceptors (Lipinski definition) is 5. The second-order valence-electron chi connectivity index (χ2n) is 8.10. The van der Waals surface area contributed by atoms with Crippen molar-refractivity contribution < 1.29 is 13.9 Å². The molecule has 5 rings (SSSR count). The third kappa shape index (κ3) is 4.10. The summed E-state index contributed by atoms with van der Waals surface area (Å²) in [5.74, 6) is 0.796. The summed E-state index contributed by atoms with van der Waals surface area (Å²) in [5.41, 5.74) is 3.59. The lowest BCUT2D eigenvalue weighted by molar-refractivity contribution is 0.0923. The second-order valence-corrected chi connectivity index (χ2v) is 9.13. The van der Waals surface area contributed by atoms with Crippen LogP contribution >= 0.6 is 11.3 Å². The Balaban J connectivity index is 1.33. The number of thiazole rings is 1. The molecule has 162 valence electrons. The molecule has 0 bridgehead atoms. The van der Waals surface area contributed by atoms with Crippen LogP contribution in [0.2, 0.25) is 0 Å². The Bertz CT molecular complexity index is 1280. The molecular weight excluding hydrogens is 423 g/mol. The van der Waals surface area contributed by atoms with Crippen LogP contribution in [0.1, 0.15) is 36.0 Å². The van der Waals surface area contributed by atoms with E-state index in [9.17, 15) is 9.18 Å². The number of fused-ring (bicyclic) bond motifs is 1. The van der Waals surface area contributed by atoms with E-state index in [1.807, 2.05) is 48.5 Å². The highest BCUT2D eigenvalue weighted by Gasteiger charge is 2.23. The number of nitrogens with one attached hydrogen (secondary N) is 1. The van der Waals surface area contributed by atoms with Gasteiger partial charge in [-0.15, -0.1) is 0 Å². The van der Waals surface area contributed by atoms with Gasteiger partial charge in [0.05, 0.1) is 23.0 Å². The maximum Gasteiger partial charge on any atom is 0.188 e. The average Bonchev–Trinajstić information content (AvgIpc) is 3.49. The fraction of sp³-hybridized carbons (Fsp3) is 0.231. The number of ether oxygens (including phenoxy) is 1. The Labute approximate surface area is 190 Å². The lowest BCUT2D eigenvalue weighted by atomic mass is 9.94. The predicted octanol–water partition coefficient (Wildman–Crippen LogP) is 7.23. The van der Waals surface area contributed by atoms with Crippen molar-refractivity contribution in [3.63, 3.8) is 0 Å². The molecule has 1 saturated carbocycles. The number of Topliss-reactive ketones (excluding diaryl/α,β-unsaturated/α-hetero) is 1. The summed E-state index contributed by atoms with van der Waals surface area (Å²) >= 11 is 1.44. The van der Waals surface area contributed by atoms with Gasteiger partial charge in [0.15, 0.2) is 10.9 Å². The molecule has 0 amide bonds. The van der Waals surface area contributed by atoms with Crippen LogP contribution in [0.5, 0.6) is 5.75 Å². The van der Waals surface area contributed by atoms with Gasteiger partial charge in [-0.3, -0.25) is 4.79 Å². The fourth-order valence-electron chi connectivity index (χ4n) is 4.25. The number of benzene rings is 3. The van der Waals surface area contributed by atoms with Crippen molar-refractivity contribution in [2.45, 2.75) is 25.7 Å². The first-order chi connectivity index (χ1) is 15.6. The number of carbonyl (C=O) groups is 1. The first-order valence-electron chi connectivity index (χ1n) is 10.8. The molecule has 0 aliphatic heterocycles. The van der Waals surface area contributed by atoms with Gasteiger partial charge in [0.2, 0.25) is 0 Å². The van der Waals surface area contributed by atoms with Gasteiger partial charge >= 0.3 is 0 Å². The Morgan fingerprint density at radius 1 is 1.03 bits per heavy atom. The molecule has 32 heavy (non-hydrogen) atoms. The van der Waals surface area contributed by atoms with Crippen LogP contribution < -0.4 is 10.1 Å². The maximum atomic E-state index is 14.8. The smallest absolute Gasteiger partial charge is 0.188 e. The summed E-state index contributed by atoms with van der Waals surface area (Å²) in [5, 5.41) is 3.70. The number of rotatable bonds is 6. The number of hydrogen-bond donors (Lipinski definition) is 1. The molecule has 1 heterocycles. The van der Waals surface area contributed by atoms with E-state index in [2.05, 4.69) is 10.3 Å². The number of carbonyl (C=O) groups excluding carboxylic acids is 1. The van der Waals surface area contributed by atoms with Crippen molar-refractivity contribution in [2.75, 3.05) is 12.4 Å². The molecule has 0 saturated heterocycles. The van der Waals surface area contributed by atoms with Gasteiger partial charge in [-0.1, -0.05) is 54.5 Å². The van der Waals surface area contributed by atoms with Gasteiger partial charge in [-0.2, -0.15) is 0 Å². The Morgan fingerprint density at radius 2 is 1.78 bits per heavy atom. The standard InChI is InChI=1S/C26H23FN2O2S/c1-31-20-11-13-23-24(15-20)32-26(29-23)28-22-12-10-19(14-21(22)27)16-6-8-18(9-7-16)25(30)17-4-2-3-5-17/h6-15,17H,2-5H2,1H3,(H,28,29). The summed E-state index contributed by atoms with van der Waals surface area (Å²) in [6, 6.07) is 18.3. The summed E-state index contributed by atoms with van der Waals surface area (Å²) in [4.78, 5) is 17.1. The Hall–Kier alpha value is -3.25. The average molecular weight is 447 g/mol. The zero-order chi connectivity index (χ0) is 22.1. The highest BCUT2D eigenvalue weighted by molar-refractivity contribution is 7.22. The number of halogens is 1. The van der Waals surface area contributed by atoms with E-state index in [0.717, 1.165) is 58.3 Å². The normalized spacial score (nSPS) is 14.1. The van der Waals surface area contributed by atoms with Crippen LogP contribution in [-0.2, 0) is 0 Å². The summed E-state index contributed by atoms with van der Waals surface area (Å²) in [6.07, 6.45) is 4.25. The molecule has 4 nitrogen and oxygen atoms in total. The van der Waals surface area contributed by atoms with Gasteiger partial charge < -0.3 is 10.1 Å². The molecule has 0 atom stereocenters. The van der Waals surface area contributed by atoms with Crippen LogP contribution in [0.4, 0.5) is 15.2 Å². The summed E-state index contributed by atoms with van der Waals surface area (Å²) < 4.78 is 21.1. The van der Waals surface area contributed by atoms with E-state index in [-0.39, 0.29) is 17.5 Å². The first kappa shape index (κ1) is 20.6. The number of methoxy groups -OCH3 is 1. The molecular formula is C26H23FN2O2S. The van der Waals surface area contributed by atoms with E-state index in [1.165, 1.54) is 17.4 Å². The topological polar surface area (TPSA) is 51.2 Å². The Morgan fingerprint density at radius 3 is 2.50 bits per heavy atom. The first-order valence-corrected chi connectivity index (χ1v) is 11.6. The molecule has 4 aromatic rings. The Kier molecular flexibility index (Phi) is 5.62. The molecule has 1 fully saturated rings. The van der Waals surface area contributed by atoms with Gasteiger partial charge in [0.25, 0.3) is 0 Å². The largest absolute Gasteiger partial charge is 0.497 e. The van der Waals surface area contributed by atoms with Crippen molar-refractivity contribution in [1.29, 1.82) is 0 Å². The summed E-state index contributed by atoms with van der Waals surface area (Å²) in [7, 11) is 1.62. The van der Waals surface area contributed by atoms with Crippen molar-refractivity contribution in [3.8, 4) is 16.9 Å². The minimum Gasteiger partial charge on any atom is -0.497 e. The summed E-state index contributed by atoms with van der Waals surface area (Å²) in [6.45, 7) is 0. The third-order valence-corrected chi connectivity index (χ3v) is 6.97. The lowest BCUT2D eigenvalue weighted by Crippen LogP contribution is -2.10. The third-order valence-electron chi connectivity index (χ3n) is 6.04. The monoisotopic (exact) mass is 446 g/mol. The lowest BCUT2D eigenvalue weighted by Gasteiger charge is -2.10. The minimum absolute atomic E-state index is 0.159. The van der Waals surface area contributed by atoms with Crippen molar-refractivity contribution in [3.05, 3.63) is 72.0 Å². The highest BCUT2D eigenvalue weighted by atomic mass is 32.1. The van der Waals surface area contributed by atoms with Crippen LogP contribution in [0.15, 0.2) is 60.7 Å². The maximum absolute atomic E-state index is 14.8. The van der Waals surface area contributed by atoms with Gasteiger partial charge in [0, 0.05) is 11.5 Å². The molecule has 6 heteroatoms. The van der Waals surface area contributed by atoms with Crippen LogP contribution in [0.25, 0.3) is 21.3 Å². The zero-order valence-corrected chi connectivity index (χ0v) is 18.5. The molecule has 0 spiro atoms. The molecule has 1 aromatic heterocycles. The van der Waals surface area contributed by atoms with Crippen molar-refractivity contribution in [2.24, 2.45) is 5.92 Å². The highest BCUT2D eigenvalue weighted by Crippen LogP contribution is 2.33. The van der Waals surface area contributed by atoms with E-state index in [4.69, 9.17) is 4.74 Å². The minimum atomic E-state index is -0.356. The molecule has 1 aliphatic carbocycles. The fourth-order valence-corrected chi connectivity index (χ4v) is 5.15. The van der Waals surface area contributed by atoms with E-state index >= 15 is 0 Å². The quantitative estimate of drug-likeness (QED) is 0.318. The van der Waals surface area contributed by atoms with E-state index in [0.29, 0.717) is 10.8 Å². The molecule has 3 aromatic carbocycles. The second kappa shape index (κ2) is 8.71. The van der Waals surface area contributed by atoms with Gasteiger partial charge in [0.1, 0.15) is 11.6 Å². The van der Waals surface area contributed by atoms with Crippen LogP contribution in [0, 0.1) is 11.7 Å². The van der Waals surface area contributed by atoms with Crippen LogP contribution in [-0.4, -0.2) is 17.9 Å². The molecule has 1 aliphatic rings. The van der Waals surface area contributed by atoms with E-state index < -0.39 is 0 Å². The molecule has 0 radical (unpaired) electrons. The number of nitrogens with zero attached hydrogens (tertiary/aromatic N) is 1. The molecule has 0 unspecified atom stereocenters.